The first kappa shape index (κ1) is 19.0. The Balaban J connectivity index is 1.70. The molecule has 0 atom stereocenters. The highest BCUT2D eigenvalue weighted by Crippen LogP contribution is 2.24. The molecule has 0 radical (unpaired) electrons. The first-order valence-corrected chi connectivity index (χ1v) is 9.45. The van der Waals surface area contributed by atoms with E-state index in [9.17, 15) is 9.59 Å². The van der Waals surface area contributed by atoms with Gasteiger partial charge in [0.05, 0.1) is 0 Å². The number of rotatable bonds is 6. The van der Waals surface area contributed by atoms with Crippen molar-refractivity contribution in [2.75, 3.05) is 0 Å². The van der Waals surface area contributed by atoms with Crippen molar-refractivity contribution in [3.05, 3.63) is 29.8 Å². The number of amides is 2. The molecular formula is C19H26N6O2. The monoisotopic (exact) mass is 370 g/mol. The molecule has 8 heteroatoms. The topological polar surface area (TPSA) is 107 Å². The van der Waals surface area contributed by atoms with Gasteiger partial charge >= 0.3 is 0 Å². The fourth-order valence-corrected chi connectivity index (χ4v) is 3.68. The van der Waals surface area contributed by atoms with E-state index in [1.54, 1.807) is 24.3 Å². The number of hydrogen-bond acceptors (Lipinski definition) is 5. The van der Waals surface area contributed by atoms with E-state index in [-0.39, 0.29) is 18.5 Å². The van der Waals surface area contributed by atoms with E-state index in [0.29, 0.717) is 23.0 Å². The second-order valence-electron chi connectivity index (χ2n) is 7.27. The zero-order valence-electron chi connectivity index (χ0n) is 15.8. The summed E-state index contributed by atoms with van der Waals surface area (Å²) < 4.78 is 0. The summed E-state index contributed by atoms with van der Waals surface area (Å²) in [5, 5.41) is 12.4. The van der Waals surface area contributed by atoms with Crippen LogP contribution in [0.3, 0.4) is 0 Å². The molecule has 1 heterocycles. The van der Waals surface area contributed by atoms with Gasteiger partial charge in [0, 0.05) is 23.2 Å². The zero-order chi connectivity index (χ0) is 19.4. The number of nitrogens with zero attached hydrogens (tertiary/aromatic N) is 5. The number of benzene rings is 1. The van der Waals surface area contributed by atoms with Crippen molar-refractivity contribution in [2.45, 2.75) is 64.6 Å². The summed E-state index contributed by atoms with van der Waals surface area (Å²) in [6.45, 7) is 4.17. The Morgan fingerprint density at radius 3 is 2.44 bits per heavy atom. The van der Waals surface area contributed by atoms with Crippen LogP contribution in [-0.2, 0) is 11.3 Å². The van der Waals surface area contributed by atoms with Gasteiger partial charge in [-0.05, 0) is 44.0 Å². The number of nitrogens with two attached hydrogens (primary N) is 1. The summed E-state index contributed by atoms with van der Waals surface area (Å²) in [5.74, 6) is -0.0576. The molecule has 0 aliphatic heterocycles. The van der Waals surface area contributed by atoms with Crippen LogP contribution in [0, 0.1) is 0 Å². The van der Waals surface area contributed by atoms with E-state index in [1.807, 2.05) is 18.7 Å². The predicted molar refractivity (Wildman–Crippen MR) is 101 cm³/mol. The van der Waals surface area contributed by atoms with Crippen LogP contribution in [0.2, 0.25) is 0 Å². The first-order chi connectivity index (χ1) is 13.0. The van der Waals surface area contributed by atoms with Gasteiger partial charge < -0.3 is 10.6 Å². The summed E-state index contributed by atoms with van der Waals surface area (Å²) in [5.41, 5.74) is 6.38. The Bertz CT molecular complexity index is 793. The molecule has 1 saturated carbocycles. The van der Waals surface area contributed by atoms with Gasteiger partial charge in [-0.2, -0.15) is 4.80 Å². The highest BCUT2D eigenvalue weighted by Gasteiger charge is 2.28. The summed E-state index contributed by atoms with van der Waals surface area (Å²) in [6, 6.07) is 7.11. The Morgan fingerprint density at radius 1 is 1.19 bits per heavy atom. The quantitative estimate of drug-likeness (QED) is 0.837. The average Bonchev–Trinajstić information content (AvgIpc) is 3.11. The Labute approximate surface area is 158 Å². The fourth-order valence-electron chi connectivity index (χ4n) is 3.68. The standard InChI is InChI=1S/C19H26N6O2/c1-13(2)25(16-6-4-3-5-7-16)17(26)12-24-22-19(21-23-24)15-10-8-14(9-11-15)18(20)27/h8-11,13,16H,3-7,12H2,1-2H3,(H2,20,27). The molecule has 27 heavy (non-hydrogen) atoms. The molecule has 2 aromatic rings. The van der Waals surface area contributed by atoms with E-state index in [4.69, 9.17) is 5.73 Å². The number of aromatic nitrogens is 4. The van der Waals surface area contributed by atoms with Crippen molar-refractivity contribution in [1.82, 2.24) is 25.1 Å². The van der Waals surface area contributed by atoms with Gasteiger partial charge in [-0.15, -0.1) is 10.2 Å². The third kappa shape index (κ3) is 4.50. The molecule has 1 aromatic carbocycles. The second kappa shape index (κ2) is 8.28. The fraction of sp³-hybridized carbons (Fsp3) is 0.526. The molecule has 144 valence electrons. The SMILES string of the molecule is CC(C)N(C(=O)Cn1nnc(-c2ccc(C(N)=O)cc2)n1)C1CCCCC1. The molecule has 3 rings (SSSR count). The average molecular weight is 370 g/mol. The number of hydrogen-bond donors (Lipinski definition) is 1. The van der Waals surface area contributed by atoms with Crippen molar-refractivity contribution in [2.24, 2.45) is 5.73 Å². The number of primary amides is 1. The molecular weight excluding hydrogens is 344 g/mol. The maximum Gasteiger partial charge on any atom is 0.248 e. The summed E-state index contributed by atoms with van der Waals surface area (Å²) in [7, 11) is 0. The third-order valence-electron chi connectivity index (χ3n) is 4.97. The van der Waals surface area contributed by atoms with Crippen molar-refractivity contribution in [1.29, 1.82) is 0 Å². The van der Waals surface area contributed by atoms with Crippen LogP contribution in [-0.4, -0.2) is 49.0 Å². The number of carbonyl (C=O) groups is 2. The second-order valence-corrected chi connectivity index (χ2v) is 7.27. The molecule has 1 fully saturated rings. The Morgan fingerprint density at radius 2 is 1.85 bits per heavy atom. The molecule has 0 bridgehead atoms. The van der Waals surface area contributed by atoms with Crippen LogP contribution in [0.15, 0.2) is 24.3 Å². The maximum absolute atomic E-state index is 12.9. The van der Waals surface area contributed by atoms with Crippen LogP contribution < -0.4 is 5.73 Å². The lowest BCUT2D eigenvalue weighted by Crippen LogP contribution is -2.47. The molecule has 8 nitrogen and oxygen atoms in total. The van der Waals surface area contributed by atoms with Crippen molar-refractivity contribution >= 4 is 11.8 Å². The van der Waals surface area contributed by atoms with Gasteiger partial charge in [-0.25, -0.2) is 0 Å². The van der Waals surface area contributed by atoms with Crippen LogP contribution in [0.5, 0.6) is 0 Å². The van der Waals surface area contributed by atoms with E-state index in [2.05, 4.69) is 15.4 Å². The van der Waals surface area contributed by atoms with Gasteiger partial charge in [0.2, 0.25) is 17.6 Å². The molecule has 0 unspecified atom stereocenters. The highest BCUT2D eigenvalue weighted by atomic mass is 16.2. The Hall–Kier alpha value is -2.77. The molecule has 1 aliphatic carbocycles. The molecule has 0 spiro atoms. The smallest absolute Gasteiger partial charge is 0.248 e. The summed E-state index contributed by atoms with van der Waals surface area (Å²) in [6.07, 6.45) is 5.72. The summed E-state index contributed by atoms with van der Waals surface area (Å²) in [4.78, 5) is 27.3. The largest absolute Gasteiger partial charge is 0.366 e. The lowest BCUT2D eigenvalue weighted by molar-refractivity contribution is -0.137. The van der Waals surface area contributed by atoms with Crippen LogP contribution in [0.4, 0.5) is 0 Å². The normalized spacial score (nSPS) is 15.1. The van der Waals surface area contributed by atoms with Crippen LogP contribution >= 0.6 is 0 Å². The van der Waals surface area contributed by atoms with Crippen molar-refractivity contribution < 1.29 is 9.59 Å². The molecule has 2 amide bonds. The van der Waals surface area contributed by atoms with Crippen LogP contribution in [0.1, 0.15) is 56.3 Å². The molecule has 1 aliphatic rings. The van der Waals surface area contributed by atoms with Gasteiger partial charge in [0.15, 0.2) is 0 Å². The van der Waals surface area contributed by atoms with Gasteiger partial charge in [0.25, 0.3) is 0 Å². The highest BCUT2D eigenvalue weighted by molar-refractivity contribution is 5.93. The van der Waals surface area contributed by atoms with E-state index in [0.717, 1.165) is 12.8 Å². The van der Waals surface area contributed by atoms with E-state index >= 15 is 0 Å². The minimum atomic E-state index is -0.486. The third-order valence-corrected chi connectivity index (χ3v) is 4.97. The van der Waals surface area contributed by atoms with E-state index in [1.165, 1.54) is 24.1 Å². The van der Waals surface area contributed by atoms with Crippen molar-refractivity contribution in [3.8, 4) is 11.4 Å². The minimum Gasteiger partial charge on any atom is -0.366 e. The van der Waals surface area contributed by atoms with Crippen molar-refractivity contribution in [3.63, 3.8) is 0 Å². The van der Waals surface area contributed by atoms with Gasteiger partial charge in [-0.1, -0.05) is 31.4 Å². The lowest BCUT2D eigenvalue weighted by Gasteiger charge is -2.37. The van der Waals surface area contributed by atoms with Gasteiger partial charge in [-0.3, -0.25) is 9.59 Å². The van der Waals surface area contributed by atoms with Gasteiger partial charge in [0.1, 0.15) is 6.54 Å². The maximum atomic E-state index is 12.9. The number of tetrazole rings is 1. The molecule has 0 saturated heterocycles. The van der Waals surface area contributed by atoms with E-state index < -0.39 is 5.91 Å². The zero-order valence-corrected chi connectivity index (χ0v) is 15.8. The Kier molecular flexibility index (Phi) is 5.83. The molecule has 1 aromatic heterocycles. The first-order valence-electron chi connectivity index (χ1n) is 9.45. The summed E-state index contributed by atoms with van der Waals surface area (Å²) >= 11 is 0. The lowest BCUT2D eigenvalue weighted by atomic mass is 9.93. The minimum absolute atomic E-state index is 0.0185. The molecule has 2 N–H and O–H groups in total. The van der Waals surface area contributed by atoms with Crippen LogP contribution in [0.25, 0.3) is 11.4 Å². The number of carbonyl (C=O) groups excluding carboxylic acids is 2. The predicted octanol–water partition coefficient (Wildman–Crippen LogP) is 2.01.